The zero-order chi connectivity index (χ0) is 21.1. The molecule has 0 spiro atoms. The molecule has 0 fully saturated rings. The second-order valence-corrected chi connectivity index (χ2v) is 6.14. The second kappa shape index (κ2) is 7.97. The van der Waals surface area contributed by atoms with Crippen molar-refractivity contribution in [3.63, 3.8) is 0 Å². The standard InChI is InChI=1S/C19H19N5O5/c1-4-29-12-7-5-11(6-8-12)16(25)21-22-17(26)14-10-9-13-15(20-14)23(2)19(28)24(3)18(13)27/h5-10H,4H2,1-3H3,(H,21,25)(H,22,26). The van der Waals surface area contributed by atoms with E-state index in [2.05, 4.69) is 15.8 Å². The highest BCUT2D eigenvalue weighted by molar-refractivity contribution is 5.99. The molecular weight excluding hydrogens is 378 g/mol. The van der Waals surface area contributed by atoms with E-state index in [0.29, 0.717) is 17.9 Å². The number of ether oxygens (including phenoxy) is 1. The number of aromatic nitrogens is 3. The summed E-state index contributed by atoms with van der Waals surface area (Å²) < 4.78 is 7.44. The van der Waals surface area contributed by atoms with Crippen molar-refractivity contribution in [2.75, 3.05) is 6.61 Å². The van der Waals surface area contributed by atoms with Gasteiger partial charge in [-0.2, -0.15) is 0 Å². The van der Waals surface area contributed by atoms with Crippen LogP contribution in [-0.4, -0.2) is 32.5 Å². The molecule has 0 radical (unpaired) electrons. The first-order chi connectivity index (χ1) is 13.8. The number of hydrogen-bond donors (Lipinski definition) is 2. The van der Waals surface area contributed by atoms with Crippen LogP contribution >= 0.6 is 0 Å². The fraction of sp³-hybridized carbons (Fsp3) is 0.211. The summed E-state index contributed by atoms with van der Waals surface area (Å²) in [6, 6.07) is 9.16. The summed E-state index contributed by atoms with van der Waals surface area (Å²) in [5.41, 5.74) is 3.82. The maximum absolute atomic E-state index is 12.3. The van der Waals surface area contributed by atoms with Crippen molar-refractivity contribution in [3.05, 3.63) is 68.5 Å². The molecule has 10 heteroatoms. The second-order valence-electron chi connectivity index (χ2n) is 6.14. The highest BCUT2D eigenvalue weighted by atomic mass is 16.5. The van der Waals surface area contributed by atoms with Gasteiger partial charge in [-0.3, -0.25) is 34.4 Å². The molecule has 3 aromatic rings. The third-order valence-corrected chi connectivity index (χ3v) is 4.25. The highest BCUT2D eigenvalue weighted by Crippen LogP contribution is 2.12. The third kappa shape index (κ3) is 3.86. The number of hydrazine groups is 1. The van der Waals surface area contributed by atoms with E-state index in [1.165, 1.54) is 30.8 Å². The quantitative estimate of drug-likeness (QED) is 0.602. The Labute approximate surface area is 164 Å². The van der Waals surface area contributed by atoms with Gasteiger partial charge in [0.1, 0.15) is 17.1 Å². The number of amides is 2. The van der Waals surface area contributed by atoms with Crippen molar-refractivity contribution in [3.8, 4) is 5.75 Å². The molecule has 0 aliphatic carbocycles. The van der Waals surface area contributed by atoms with Gasteiger partial charge in [-0.05, 0) is 43.3 Å². The minimum atomic E-state index is -0.695. The van der Waals surface area contributed by atoms with Gasteiger partial charge >= 0.3 is 5.69 Å². The molecule has 150 valence electrons. The fourth-order valence-electron chi connectivity index (χ4n) is 2.70. The molecule has 0 saturated heterocycles. The molecular formula is C19H19N5O5. The molecule has 0 atom stereocenters. The number of benzene rings is 1. The van der Waals surface area contributed by atoms with E-state index in [4.69, 9.17) is 4.74 Å². The number of nitrogens with one attached hydrogen (secondary N) is 2. The minimum absolute atomic E-state index is 0.0623. The number of carbonyl (C=O) groups is 2. The number of hydrogen-bond acceptors (Lipinski definition) is 6. The van der Waals surface area contributed by atoms with E-state index in [1.807, 2.05) is 6.92 Å². The Hall–Kier alpha value is -3.95. The summed E-state index contributed by atoms with van der Waals surface area (Å²) in [6.07, 6.45) is 0. The number of pyridine rings is 1. The first kappa shape index (κ1) is 19.8. The van der Waals surface area contributed by atoms with E-state index >= 15 is 0 Å². The van der Waals surface area contributed by atoms with Crippen LogP contribution in [0.2, 0.25) is 0 Å². The zero-order valence-electron chi connectivity index (χ0n) is 16.1. The molecule has 2 amide bonds. The summed E-state index contributed by atoms with van der Waals surface area (Å²) in [4.78, 5) is 52.8. The van der Waals surface area contributed by atoms with Crippen LogP contribution in [0, 0.1) is 0 Å². The van der Waals surface area contributed by atoms with Gasteiger partial charge in [-0.15, -0.1) is 0 Å². The van der Waals surface area contributed by atoms with Gasteiger partial charge in [0.2, 0.25) is 0 Å². The minimum Gasteiger partial charge on any atom is -0.494 e. The predicted molar refractivity (Wildman–Crippen MR) is 105 cm³/mol. The number of fused-ring (bicyclic) bond motifs is 1. The summed E-state index contributed by atoms with van der Waals surface area (Å²) in [6.45, 7) is 2.37. The maximum Gasteiger partial charge on any atom is 0.332 e. The number of carbonyl (C=O) groups excluding carboxylic acids is 2. The van der Waals surface area contributed by atoms with Gasteiger partial charge in [-0.25, -0.2) is 9.78 Å². The van der Waals surface area contributed by atoms with Crippen LogP contribution in [0.1, 0.15) is 27.8 Å². The summed E-state index contributed by atoms with van der Waals surface area (Å²) in [5.74, 6) is -0.590. The van der Waals surface area contributed by atoms with Gasteiger partial charge in [-0.1, -0.05) is 0 Å². The number of nitrogens with zero attached hydrogens (tertiary/aromatic N) is 3. The molecule has 1 aromatic carbocycles. The summed E-state index contributed by atoms with van der Waals surface area (Å²) >= 11 is 0. The predicted octanol–water partition coefficient (Wildman–Crippen LogP) is 0.106. The lowest BCUT2D eigenvalue weighted by atomic mass is 10.2. The molecule has 2 aromatic heterocycles. The van der Waals surface area contributed by atoms with Crippen molar-refractivity contribution < 1.29 is 14.3 Å². The van der Waals surface area contributed by atoms with Crippen LogP contribution in [0.25, 0.3) is 11.0 Å². The van der Waals surface area contributed by atoms with E-state index in [9.17, 15) is 19.2 Å². The van der Waals surface area contributed by atoms with Crippen LogP contribution in [0.15, 0.2) is 46.0 Å². The Morgan fingerprint density at radius 3 is 2.28 bits per heavy atom. The summed E-state index contributed by atoms with van der Waals surface area (Å²) in [5, 5.41) is 0.199. The average molecular weight is 397 g/mol. The first-order valence-electron chi connectivity index (χ1n) is 8.73. The average Bonchev–Trinajstić information content (AvgIpc) is 2.74. The topological polar surface area (TPSA) is 124 Å². The van der Waals surface area contributed by atoms with Gasteiger partial charge < -0.3 is 4.74 Å². The lowest BCUT2D eigenvalue weighted by Crippen LogP contribution is -2.42. The van der Waals surface area contributed by atoms with Gasteiger partial charge in [0.05, 0.1) is 12.0 Å². The van der Waals surface area contributed by atoms with Gasteiger partial charge in [0.25, 0.3) is 17.4 Å². The van der Waals surface area contributed by atoms with Crippen LogP contribution < -0.4 is 26.8 Å². The Morgan fingerprint density at radius 2 is 1.62 bits per heavy atom. The Balaban J connectivity index is 1.77. The van der Waals surface area contributed by atoms with Crippen molar-refractivity contribution in [1.29, 1.82) is 0 Å². The van der Waals surface area contributed by atoms with E-state index in [-0.39, 0.29) is 16.7 Å². The maximum atomic E-state index is 12.3. The molecule has 0 aliphatic rings. The van der Waals surface area contributed by atoms with Crippen LogP contribution in [0.4, 0.5) is 0 Å². The van der Waals surface area contributed by atoms with Crippen molar-refractivity contribution in [1.82, 2.24) is 25.0 Å². The normalized spacial score (nSPS) is 10.6. The van der Waals surface area contributed by atoms with Gasteiger partial charge in [0.15, 0.2) is 0 Å². The van der Waals surface area contributed by atoms with E-state index in [1.54, 1.807) is 24.3 Å². The van der Waals surface area contributed by atoms with Gasteiger partial charge in [0, 0.05) is 19.7 Å². The SMILES string of the molecule is CCOc1ccc(C(=O)NNC(=O)c2ccc3c(=O)n(C)c(=O)n(C)c3n2)cc1. The summed E-state index contributed by atoms with van der Waals surface area (Å²) in [7, 11) is 2.81. The monoisotopic (exact) mass is 397 g/mol. The third-order valence-electron chi connectivity index (χ3n) is 4.25. The first-order valence-corrected chi connectivity index (χ1v) is 8.73. The highest BCUT2D eigenvalue weighted by Gasteiger charge is 2.15. The molecule has 0 aliphatic heterocycles. The van der Waals surface area contributed by atoms with Crippen LogP contribution in [-0.2, 0) is 14.1 Å². The van der Waals surface area contributed by atoms with Crippen molar-refractivity contribution in [2.24, 2.45) is 14.1 Å². The Bertz CT molecular complexity index is 1210. The fourth-order valence-corrected chi connectivity index (χ4v) is 2.70. The molecule has 29 heavy (non-hydrogen) atoms. The van der Waals surface area contributed by atoms with E-state index < -0.39 is 23.1 Å². The lowest BCUT2D eigenvalue weighted by molar-refractivity contribution is 0.0844. The van der Waals surface area contributed by atoms with Crippen molar-refractivity contribution in [2.45, 2.75) is 6.92 Å². The molecule has 0 bridgehead atoms. The lowest BCUT2D eigenvalue weighted by Gasteiger charge is -2.10. The number of aryl methyl sites for hydroxylation is 1. The molecule has 2 N–H and O–H groups in total. The molecule has 2 heterocycles. The number of rotatable bonds is 4. The molecule has 0 saturated carbocycles. The molecule has 3 rings (SSSR count). The smallest absolute Gasteiger partial charge is 0.332 e. The molecule has 10 nitrogen and oxygen atoms in total. The van der Waals surface area contributed by atoms with Crippen molar-refractivity contribution >= 4 is 22.8 Å². The van der Waals surface area contributed by atoms with E-state index in [0.717, 1.165) is 4.57 Å². The largest absolute Gasteiger partial charge is 0.494 e. The molecule has 0 unspecified atom stereocenters. The Kier molecular flexibility index (Phi) is 5.44. The van der Waals surface area contributed by atoms with Crippen LogP contribution in [0.5, 0.6) is 5.75 Å². The Morgan fingerprint density at radius 1 is 0.966 bits per heavy atom. The zero-order valence-corrected chi connectivity index (χ0v) is 16.1. The van der Waals surface area contributed by atoms with Crippen LogP contribution in [0.3, 0.4) is 0 Å².